The Hall–Kier alpha value is -3.86. The maximum absolute atomic E-state index is 12.2. The van der Waals surface area contributed by atoms with E-state index in [0.29, 0.717) is 6.42 Å². The minimum atomic E-state index is -0.842. The minimum Gasteiger partial charge on any atom is -0.481 e. The summed E-state index contributed by atoms with van der Waals surface area (Å²) in [5.41, 5.74) is 7.91. The van der Waals surface area contributed by atoms with Crippen LogP contribution >= 0.6 is 0 Å². The van der Waals surface area contributed by atoms with Crippen molar-refractivity contribution in [1.82, 2.24) is 9.78 Å². The van der Waals surface area contributed by atoms with Gasteiger partial charge >= 0.3 is 5.97 Å². The summed E-state index contributed by atoms with van der Waals surface area (Å²) in [7, 11) is 0. The Bertz CT molecular complexity index is 1290. The summed E-state index contributed by atoms with van der Waals surface area (Å²) in [5, 5.41) is 14.9. The quantitative estimate of drug-likeness (QED) is 0.309. The van der Waals surface area contributed by atoms with Crippen LogP contribution in [0.1, 0.15) is 42.1 Å². The Morgan fingerprint density at radius 3 is 2.20 bits per heavy atom. The molecule has 180 valence electrons. The number of aromatic nitrogens is 2. The fourth-order valence-electron chi connectivity index (χ4n) is 4.49. The zero-order valence-corrected chi connectivity index (χ0v) is 20.9. The summed E-state index contributed by atoms with van der Waals surface area (Å²) in [6.07, 6.45) is 0.322. The van der Waals surface area contributed by atoms with Crippen molar-refractivity contribution in [3.63, 3.8) is 0 Å². The molecule has 0 radical (unpaired) electrons. The number of carboxylic acids is 1. The number of hydrogen-bond donors (Lipinski definition) is 1. The first-order valence-electron chi connectivity index (χ1n) is 12.2. The molecule has 0 aliphatic heterocycles. The molecule has 1 unspecified atom stereocenters. The van der Waals surface area contributed by atoms with Crippen LogP contribution < -0.4 is 4.90 Å². The van der Waals surface area contributed by atoms with E-state index in [-0.39, 0.29) is 0 Å². The lowest BCUT2D eigenvalue weighted by Gasteiger charge is -2.21. The molecule has 0 fully saturated rings. The van der Waals surface area contributed by atoms with Gasteiger partial charge < -0.3 is 10.0 Å². The van der Waals surface area contributed by atoms with Crippen molar-refractivity contribution in [2.24, 2.45) is 0 Å². The summed E-state index contributed by atoms with van der Waals surface area (Å²) in [4.78, 5) is 14.5. The fourth-order valence-corrected chi connectivity index (χ4v) is 4.49. The van der Waals surface area contributed by atoms with E-state index < -0.39 is 11.9 Å². The van der Waals surface area contributed by atoms with Gasteiger partial charge in [-0.3, -0.25) is 4.79 Å². The molecule has 0 bridgehead atoms. The molecule has 5 nitrogen and oxygen atoms in total. The number of carboxylic acid groups (broad SMARTS) is 1. The van der Waals surface area contributed by atoms with E-state index in [1.54, 1.807) is 0 Å². The van der Waals surface area contributed by atoms with Crippen LogP contribution in [0.3, 0.4) is 0 Å². The highest BCUT2D eigenvalue weighted by atomic mass is 16.4. The minimum absolute atomic E-state index is 0.322. The Morgan fingerprint density at radius 1 is 0.914 bits per heavy atom. The third kappa shape index (κ3) is 5.46. The number of aliphatic carboxylic acids is 1. The van der Waals surface area contributed by atoms with E-state index in [9.17, 15) is 9.90 Å². The van der Waals surface area contributed by atoms with Gasteiger partial charge in [0.25, 0.3) is 0 Å². The van der Waals surface area contributed by atoms with Gasteiger partial charge in [0, 0.05) is 30.8 Å². The SMILES string of the molecule is CCN(CC)c1ccc(-c2cc(CC(C(=O)O)c3cccc(C)c3)nn2-c2ccc(C)cc2)cc1. The zero-order chi connectivity index (χ0) is 24.9. The largest absolute Gasteiger partial charge is 0.481 e. The Morgan fingerprint density at radius 2 is 1.60 bits per heavy atom. The molecule has 0 amide bonds. The maximum atomic E-state index is 12.2. The molecule has 0 aliphatic rings. The molecule has 0 saturated heterocycles. The topological polar surface area (TPSA) is 58.4 Å². The van der Waals surface area contributed by atoms with Crippen LogP contribution in [0.15, 0.2) is 78.9 Å². The number of nitrogens with zero attached hydrogens (tertiary/aromatic N) is 3. The first kappa shape index (κ1) is 24.3. The van der Waals surface area contributed by atoms with E-state index >= 15 is 0 Å². The van der Waals surface area contributed by atoms with Gasteiger partial charge in [0.15, 0.2) is 0 Å². The van der Waals surface area contributed by atoms with Crippen LogP contribution in [0.2, 0.25) is 0 Å². The lowest BCUT2D eigenvalue weighted by Crippen LogP contribution is -2.21. The van der Waals surface area contributed by atoms with E-state index in [1.807, 2.05) is 41.9 Å². The second-order valence-corrected chi connectivity index (χ2v) is 9.00. The van der Waals surface area contributed by atoms with Crippen molar-refractivity contribution in [3.8, 4) is 16.9 Å². The van der Waals surface area contributed by atoms with Crippen molar-refractivity contribution < 1.29 is 9.90 Å². The normalized spacial score (nSPS) is 11.9. The molecule has 1 heterocycles. The van der Waals surface area contributed by atoms with Crippen molar-refractivity contribution in [3.05, 3.63) is 101 Å². The summed E-state index contributed by atoms with van der Waals surface area (Å²) < 4.78 is 1.93. The van der Waals surface area contributed by atoms with E-state index in [0.717, 1.165) is 46.9 Å². The van der Waals surface area contributed by atoms with Gasteiger partial charge in [0.1, 0.15) is 0 Å². The highest BCUT2D eigenvalue weighted by Crippen LogP contribution is 2.29. The molecular weight excluding hydrogens is 434 g/mol. The molecule has 5 heteroatoms. The Balaban J connectivity index is 1.75. The predicted octanol–water partition coefficient (Wildman–Crippen LogP) is 6.41. The van der Waals surface area contributed by atoms with E-state index in [4.69, 9.17) is 5.10 Å². The van der Waals surface area contributed by atoms with Crippen molar-refractivity contribution >= 4 is 11.7 Å². The summed E-state index contributed by atoms with van der Waals surface area (Å²) >= 11 is 0. The Labute approximate surface area is 207 Å². The summed E-state index contributed by atoms with van der Waals surface area (Å²) in [6.45, 7) is 10.3. The second kappa shape index (κ2) is 10.6. The number of rotatable bonds is 9. The van der Waals surface area contributed by atoms with E-state index in [1.165, 1.54) is 11.3 Å². The van der Waals surface area contributed by atoms with Crippen molar-refractivity contribution in [1.29, 1.82) is 0 Å². The smallest absolute Gasteiger partial charge is 0.311 e. The molecule has 0 saturated carbocycles. The lowest BCUT2D eigenvalue weighted by molar-refractivity contribution is -0.138. The van der Waals surface area contributed by atoms with Gasteiger partial charge in [-0.05, 0) is 63.6 Å². The molecule has 1 N–H and O–H groups in total. The fraction of sp³-hybridized carbons (Fsp3) is 0.267. The number of hydrogen-bond acceptors (Lipinski definition) is 3. The average molecular weight is 468 g/mol. The second-order valence-electron chi connectivity index (χ2n) is 9.00. The van der Waals surface area contributed by atoms with Crippen LogP contribution in [0.5, 0.6) is 0 Å². The zero-order valence-electron chi connectivity index (χ0n) is 20.9. The van der Waals surface area contributed by atoms with Crippen molar-refractivity contribution in [2.45, 2.75) is 40.0 Å². The molecule has 0 aliphatic carbocycles. The van der Waals surface area contributed by atoms with Gasteiger partial charge in [-0.2, -0.15) is 5.10 Å². The van der Waals surface area contributed by atoms with Gasteiger partial charge in [-0.1, -0.05) is 59.7 Å². The molecule has 0 spiro atoms. The maximum Gasteiger partial charge on any atom is 0.311 e. The molecule has 3 aromatic carbocycles. The average Bonchev–Trinajstić information content (AvgIpc) is 3.28. The number of benzene rings is 3. The van der Waals surface area contributed by atoms with Crippen molar-refractivity contribution in [2.75, 3.05) is 18.0 Å². The highest BCUT2D eigenvalue weighted by molar-refractivity contribution is 5.76. The highest BCUT2D eigenvalue weighted by Gasteiger charge is 2.23. The van der Waals surface area contributed by atoms with Crippen LogP contribution in [0.25, 0.3) is 16.9 Å². The Kier molecular flexibility index (Phi) is 7.35. The van der Waals surface area contributed by atoms with Gasteiger partial charge in [-0.15, -0.1) is 0 Å². The van der Waals surface area contributed by atoms with Crippen LogP contribution in [0.4, 0.5) is 5.69 Å². The third-order valence-corrected chi connectivity index (χ3v) is 6.49. The van der Waals surface area contributed by atoms with Crippen LogP contribution in [-0.4, -0.2) is 33.9 Å². The monoisotopic (exact) mass is 467 g/mol. The molecule has 4 rings (SSSR count). The predicted molar refractivity (Wildman–Crippen MR) is 143 cm³/mol. The van der Waals surface area contributed by atoms with Gasteiger partial charge in [0.2, 0.25) is 0 Å². The van der Waals surface area contributed by atoms with E-state index in [2.05, 4.69) is 74.2 Å². The first-order chi connectivity index (χ1) is 16.9. The summed E-state index contributed by atoms with van der Waals surface area (Å²) in [5.74, 6) is -1.50. The van der Waals surface area contributed by atoms with Gasteiger partial charge in [0.05, 0.1) is 23.0 Å². The molecule has 4 aromatic rings. The molecular formula is C30H33N3O2. The lowest BCUT2D eigenvalue weighted by atomic mass is 9.93. The number of aryl methyl sites for hydroxylation is 2. The summed E-state index contributed by atoms with van der Waals surface area (Å²) in [6, 6.07) is 26.5. The molecule has 1 aromatic heterocycles. The standard InChI is InChI=1S/C30H33N3O2/c1-5-32(6-2)26-16-12-23(13-17-26)29-20-25(31-33(29)27-14-10-21(3)11-15-27)19-28(30(34)35)24-9-7-8-22(4)18-24/h7-18,20,28H,5-6,19H2,1-4H3,(H,34,35). The van der Waals surface area contributed by atoms with Crippen LogP contribution in [-0.2, 0) is 11.2 Å². The first-order valence-corrected chi connectivity index (χ1v) is 12.2. The number of anilines is 1. The van der Waals surface area contributed by atoms with Gasteiger partial charge in [-0.25, -0.2) is 4.68 Å². The molecule has 1 atom stereocenters. The third-order valence-electron chi connectivity index (χ3n) is 6.49. The number of carbonyl (C=O) groups is 1. The van der Waals surface area contributed by atoms with Crippen LogP contribution in [0, 0.1) is 13.8 Å². The molecule has 35 heavy (non-hydrogen) atoms.